The smallest absolute Gasteiger partial charge is 0.00000384 e. The predicted molar refractivity (Wildman–Crippen MR) is 693 cm³/mol. The minimum absolute atomic E-state index is 0.272. The first-order valence-corrected chi connectivity index (χ1v) is 170. The van der Waals surface area contributed by atoms with Crippen molar-refractivity contribution in [2.24, 2.45) is 0 Å². The molecule has 0 aromatic heterocycles. The Kier molecular flexibility index (Phi) is 93.3. The molecule has 0 N–H and O–H groups in total. The molecule has 0 saturated heterocycles. The van der Waals surface area contributed by atoms with E-state index in [0.717, 1.165) is 7.96 Å². The van der Waals surface area contributed by atoms with Crippen molar-refractivity contribution in [3.8, 4) is 0 Å². The second-order valence-electron chi connectivity index (χ2n) is 13.2. The topological polar surface area (TPSA) is 0 Å². The van der Waals surface area contributed by atoms with E-state index in [-0.39, 0.29) is 252 Å². The first-order chi connectivity index (χ1) is 37.8. The van der Waals surface area contributed by atoms with Crippen LogP contribution in [0.4, 0.5) is 0 Å². The highest BCUT2D eigenvalue weighted by molar-refractivity contribution is 9.58. The fraction of sp³-hybridized carbons (Fsp3) is 0. The second kappa shape index (κ2) is 65.3. The molecule has 0 nitrogen and oxygen atoms in total. The van der Waals surface area contributed by atoms with Gasteiger partial charge in [-0.05, 0) is 279 Å². The maximum atomic E-state index is 3.90. The molecule has 0 bridgehead atoms. The van der Waals surface area contributed by atoms with Crippen molar-refractivity contribution >= 4 is 662 Å². The van der Waals surface area contributed by atoms with Crippen LogP contribution in [0.25, 0.3) is 0 Å². The van der Waals surface area contributed by atoms with Crippen LogP contribution in [-0.2, 0) is 0 Å². The summed E-state index contributed by atoms with van der Waals surface area (Å²) < 4.78 is 0. The van der Waals surface area contributed by atoms with Crippen LogP contribution in [0.5, 0.6) is 0 Å². The molecule has 0 heterocycles. The zero-order valence-corrected chi connectivity index (χ0v) is 128. The molecule has 0 amide bonds. The Bertz CT molecular complexity index is 1290. The molecule has 0 aliphatic carbocycles. The minimum atomic E-state index is -0.485. The van der Waals surface area contributed by atoms with Gasteiger partial charge in [-0.15, -0.1) is 375 Å². The first-order valence-electron chi connectivity index (χ1n) is 18.9. The Labute approximate surface area is 652 Å². The summed E-state index contributed by atoms with van der Waals surface area (Å²) in [6.45, 7) is -14.3. The first kappa shape index (κ1) is 119. The van der Waals surface area contributed by atoms with E-state index in [9.17, 15) is 0 Å². The zero-order valence-electron chi connectivity index (χ0n) is 42.6. The lowest BCUT2D eigenvalue weighted by Gasteiger charge is -2.63. The van der Waals surface area contributed by atoms with E-state index in [2.05, 4.69) is 375 Å². The molecule has 0 radical (unpaired) electrons. The average molecular weight is 2660 g/mol. The van der Waals surface area contributed by atoms with Crippen molar-refractivity contribution in [1.29, 1.82) is 0 Å². The molecule has 0 fully saturated rings. The normalized spacial score (nSPS) is 15.8. The Morgan fingerprint density at radius 2 is 0.181 bits per heavy atom. The third-order valence-electron chi connectivity index (χ3n) is 7.34. The van der Waals surface area contributed by atoms with Crippen LogP contribution in [0, 0.1) is 0 Å². The van der Waals surface area contributed by atoms with Crippen LogP contribution in [-0.4, -0.2) is 0 Å². The quantitative estimate of drug-likeness (QED) is 0.0537. The lowest BCUT2D eigenvalue weighted by molar-refractivity contribution is 4.30. The summed E-state index contributed by atoms with van der Waals surface area (Å²) in [5.41, 5.74) is 0. The highest BCUT2D eigenvalue weighted by Crippen LogP contribution is 3.52. The van der Waals surface area contributed by atoms with Gasteiger partial charge in [-0.2, -0.15) is 0 Å². The SMILES string of the molecule is PPP(P)P(P(P(P)P)P(P)P)P(P(P(P)P)P(P)P)P(P(P(P(P(P)P)P(P)P)P(P(P)P)P(P)P)P(P(P(P)P)P(P)P)P(P(P)P)P(P)P)P(P(P(P(P)P)P(P)P)P(P(P)P)P(P)P)P(P(P(P)P)P(P)P)P(P(P)P)P(P)P. The van der Waals surface area contributed by atoms with Crippen LogP contribution in [0.1, 0.15) is 0 Å². The van der Waals surface area contributed by atoms with Crippen LogP contribution in [0.15, 0.2) is 0 Å². The summed E-state index contributed by atoms with van der Waals surface area (Å²) in [6.07, 6.45) is 0. The highest BCUT2D eigenvalue weighted by Gasteiger charge is 2.65. The largest absolute Gasteiger partial charge is 0.109 e. The maximum Gasteiger partial charge on any atom is -0.00000384 e. The van der Waals surface area contributed by atoms with Gasteiger partial charge in [0.1, 0.15) is 0 Å². The summed E-state index contributed by atoms with van der Waals surface area (Å²) in [5, 5.41) is 0. The van der Waals surface area contributed by atoms with Crippen LogP contribution < -0.4 is 0 Å². The third kappa shape index (κ3) is 42.0. The Balaban J connectivity index is 13.0. The van der Waals surface area contributed by atoms with Gasteiger partial charge >= 0.3 is 0 Å². The van der Waals surface area contributed by atoms with E-state index in [4.69, 9.17) is 0 Å². The van der Waals surface area contributed by atoms with Crippen molar-refractivity contribution in [3.63, 3.8) is 0 Å². The zero-order chi connectivity index (χ0) is 65.8. The van der Waals surface area contributed by atoms with Gasteiger partial charge in [0.25, 0.3) is 0 Å². The van der Waals surface area contributed by atoms with Crippen molar-refractivity contribution < 1.29 is 0 Å². The van der Waals surface area contributed by atoms with Gasteiger partial charge in [-0.1, -0.05) is 7.96 Å². The lowest BCUT2D eigenvalue weighted by Crippen LogP contribution is -1.75. The Morgan fingerprint density at radius 3 is 0.265 bits per heavy atom. The summed E-state index contributed by atoms with van der Waals surface area (Å²) in [7, 11) is 157. The highest BCUT2D eigenvalue weighted by atomic mass is 33.6. The Morgan fingerprint density at radius 1 is 0.108 bits per heavy atom. The predicted octanol–water partition coefficient (Wildman–Crippen LogP) is 48.7. The molecule has 0 aliphatic heterocycles. The lowest BCUT2D eigenvalue weighted by atomic mass is 28.4. The molecule has 83 heavy (non-hydrogen) atoms. The molecule has 0 saturated carbocycles. The van der Waals surface area contributed by atoms with Crippen LogP contribution in [0.2, 0.25) is 0 Å². The molecular weight excluding hydrogens is 2570 g/mol. The summed E-state index contributed by atoms with van der Waals surface area (Å²) in [5.74, 6) is 0. The average Bonchev–Trinajstić information content (AvgIpc) is 3.26. The molecule has 0 spiro atoms. The monoisotopic (exact) mass is 2660 g/mol. The van der Waals surface area contributed by atoms with Crippen molar-refractivity contribution in [1.82, 2.24) is 0 Å². The number of hydrogen-bond donors (Lipinski definition) is 0. The van der Waals surface area contributed by atoms with E-state index < -0.39 is 27.9 Å². The molecular formula is H85P83. The van der Waals surface area contributed by atoms with Gasteiger partial charge in [-0.25, -0.2) is 0 Å². The maximum absolute atomic E-state index is 3.90. The standard InChI is InChI=1S/H85P83/c1-43-64(42)75(65(44(2)3)45(4)5)80(74(62(38)39)63(40)41)83(81(76(66(46(6)7)47(8)9)67(48(10)11)49(12)13)77(68(50(14)15)51(16)17)69(52(18)19)53(20)21)82(78(70(54(22)23)55(24)25)71(56(26)27)57(28)29)79(72(58(30)31)59(32)33)73(60(34)35)61(36)37/h43H,1-42H2. The Hall–Kier alpha value is 35.7. The van der Waals surface area contributed by atoms with E-state index in [1.165, 1.54) is 0 Å². The van der Waals surface area contributed by atoms with Gasteiger partial charge in [0.05, 0.1) is 0 Å². The molecule has 0 rings (SSSR count). The van der Waals surface area contributed by atoms with Crippen LogP contribution >= 0.6 is 662 Å². The van der Waals surface area contributed by atoms with E-state index >= 15 is 0 Å². The molecule has 0 aromatic carbocycles. The molecule has 0 aromatic rings. The van der Waals surface area contributed by atoms with Gasteiger partial charge in [0.15, 0.2) is 0 Å². The van der Waals surface area contributed by atoms with Crippen molar-refractivity contribution in [2.45, 2.75) is 0 Å². The second-order valence-corrected chi connectivity index (χ2v) is 356. The minimum Gasteiger partial charge on any atom is -0.109 e. The molecule has 0 aliphatic rings. The van der Waals surface area contributed by atoms with Gasteiger partial charge in [0, 0.05) is 0 Å². The molecule has 83 heteroatoms. The fourth-order valence-corrected chi connectivity index (χ4v) is 1230. The molecule has 46 unspecified atom stereocenters. The summed E-state index contributed by atoms with van der Waals surface area (Å²) >= 11 is 0. The number of rotatable bonds is 40. The van der Waals surface area contributed by atoms with E-state index in [1.54, 1.807) is 0 Å². The summed E-state index contributed by atoms with van der Waals surface area (Å²) in [6, 6.07) is 0. The van der Waals surface area contributed by atoms with Gasteiger partial charge < -0.3 is 0 Å². The van der Waals surface area contributed by atoms with E-state index in [1.807, 2.05) is 0 Å². The van der Waals surface area contributed by atoms with Crippen molar-refractivity contribution in [3.05, 3.63) is 0 Å². The number of hydrogen-bond acceptors (Lipinski definition) is 0. The fourth-order valence-electron chi connectivity index (χ4n) is 5.05. The third-order valence-corrected chi connectivity index (χ3v) is 594. The van der Waals surface area contributed by atoms with E-state index in [0.29, 0.717) is 0 Å². The molecule has 500 valence electrons. The van der Waals surface area contributed by atoms with Gasteiger partial charge in [0.2, 0.25) is 0 Å². The summed E-state index contributed by atoms with van der Waals surface area (Å²) in [4.78, 5) is 0. The molecule has 46 atom stereocenters. The van der Waals surface area contributed by atoms with Crippen LogP contribution in [0.3, 0.4) is 0 Å². The van der Waals surface area contributed by atoms with Gasteiger partial charge in [-0.3, -0.25) is 0 Å². The van der Waals surface area contributed by atoms with Crippen molar-refractivity contribution in [2.75, 3.05) is 0 Å².